The number of imide groups is 1. The van der Waals surface area contributed by atoms with Crippen molar-refractivity contribution in [3.05, 3.63) is 41.6 Å². The van der Waals surface area contributed by atoms with E-state index < -0.39 is 25.5 Å². The number of carbonyl (C=O) groups excluding carboxylic acids is 3. The Hall–Kier alpha value is -2.85. The van der Waals surface area contributed by atoms with E-state index in [0.717, 1.165) is 22.0 Å². The molecule has 0 atom stereocenters. The molecule has 2 heterocycles. The smallest absolute Gasteiger partial charge is 0.324 e. The molecule has 0 radical (unpaired) electrons. The van der Waals surface area contributed by atoms with Gasteiger partial charge in [-0.1, -0.05) is 6.07 Å². The van der Waals surface area contributed by atoms with Gasteiger partial charge in [0.2, 0.25) is 0 Å². The quantitative estimate of drug-likeness (QED) is 0.250. The van der Waals surface area contributed by atoms with E-state index in [2.05, 4.69) is 15.6 Å². The summed E-state index contributed by atoms with van der Waals surface area (Å²) < 4.78 is 10.8. The maximum atomic E-state index is 11.9. The zero-order valence-electron chi connectivity index (χ0n) is 16.6. The number of pyridine rings is 1. The maximum Gasteiger partial charge on any atom is 0.432 e. The van der Waals surface area contributed by atoms with E-state index in [1.54, 1.807) is 12.3 Å². The van der Waals surface area contributed by atoms with Crippen molar-refractivity contribution in [1.82, 2.24) is 20.7 Å². The monoisotopic (exact) mass is 450 g/mol. The number of aromatic nitrogens is 1. The van der Waals surface area contributed by atoms with Crippen LogP contribution in [0.2, 0.25) is 0 Å². The predicted molar refractivity (Wildman–Crippen MR) is 109 cm³/mol. The van der Waals surface area contributed by atoms with Crippen LogP contribution < -0.4 is 10.6 Å². The lowest BCUT2D eigenvalue weighted by atomic mass is 10.1. The fourth-order valence-corrected chi connectivity index (χ4v) is 3.59. The van der Waals surface area contributed by atoms with Crippen molar-refractivity contribution in [3.63, 3.8) is 0 Å². The van der Waals surface area contributed by atoms with E-state index in [4.69, 9.17) is 14.6 Å². The first-order valence-corrected chi connectivity index (χ1v) is 11.5. The van der Waals surface area contributed by atoms with Gasteiger partial charge in [0.25, 0.3) is 11.8 Å². The fourth-order valence-electron chi connectivity index (χ4n) is 3.02. The van der Waals surface area contributed by atoms with Gasteiger partial charge in [-0.15, -0.1) is 5.06 Å². The van der Waals surface area contributed by atoms with E-state index >= 15 is 0 Å². The molecular formula is C19H23N4O7P. The van der Waals surface area contributed by atoms with Gasteiger partial charge in [-0.2, -0.15) is 0 Å². The molecule has 2 aromatic rings. The van der Waals surface area contributed by atoms with Crippen LogP contribution in [0, 0.1) is 0 Å². The van der Waals surface area contributed by atoms with Gasteiger partial charge >= 0.3 is 13.7 Å². The van der Waals surface area contributed by atoms with E-state index in [9.17, 15) is 18.9 Å². The first-order valence-electron chi connectivity index (χ1n) is 9.66. The van der Waals surface area contributed by atoms with Crippen molar-refractivity contribution in [3.8, 4) is 0 Å². The molecule has 1 saturated heterocycles. The third-order valence-corrected chi connectivity index (χ3v) is 5.45. The number of rotatable bonds is 9. The Morgan fingerprint density at radius 2 is 1.84 bits per heavy atom. The molecule has 1 aromatic carbocycles. The number of amides is 3. The van der Waals surface area contributed by atoms with Crippen LogP contribution in [0.1, 0.15) is 30.4 Å². The zero-order valence-corrected chi connectivity index (χ0v) is 17.5. The summed E-state index contributed by atoms with van der Waals surface area (Å²) in [5.74, 6) is -1.08. The summed E-state index contributed by atoms with van der Waals surface area (Å²) in [4.78, 5) is 61.7. The lowest BCUT2D eigenvalue weighted by Crippen LogP contribution is -2.36. The average Bonchev–Trinajstić information content (AvgIpc) is 3.03. The zero-order chi connectivity index (χ0) is 22.4. The molecule has 1 aliphatic rings. The van der Waals surface area contributed by atoms with E-state index in [0.29, 0.717) is 24.6 Å². The van der Waals surface area contributed by atoms with Crippen molar-refractivity contribution in [1.29, 1.82) is 0 Å². The van der Waals surface area contributed by atoms with Crippen molar-refractivity contribution in [2.75, 3.05) is 12.7 Å². The highest BCUT2D eigenvalue weighted by molar-refractivity contribution is 7.51. The molecule has 1 aliphatic heterocycles. The van der Waals surface area contributed by atoms with Crippen molar-refractivity contribution in [2.24, 2.45) is 0 Å². The number of nitrogens with zero attached hydrogens (tertiary/aromatic N) is 2. The Morgan fingerprint density at radius 3 is 2.55 bits per heavy atom. The molecule has 1 aromatic heterocycles. The molecule has 1 fully saturated rings. The normalized spacial score (nSPS) is 14.3. The number of hydroxylamine groups is 2. The van der Waals surface area contributed by atoms with Gasteiger partial charge in [0.05, 0.1) is 11.7 Å². The minimum absolute atomic E-state index is 0.0324. The number of fused-ring (bicyclic) bond motifs is 1. The van der Waals surface area contributed by atoms with E-state index in [1.807, 2.05) is 18.2 Å². The van der Waals surface area contributed by atoms with E-state index in [-0.39, 0.29) is 25.5 Å². The maximum absolute atomic E-state index is 11.9. The highest BCUT2D eigenvalue weighted by atomic mass is 31.2. The molecule has 0 unspecified atom stereocenters. The lowest BCUT2D eigenvalue weighted by Gasteiger charge is -2.13. The summed E-state index contributed by atoms with van der Waals surface area (Å²) in [6.07, 6.45) is 1.10. The summed E-state index contributed by atoms with van der Waals surface area (Å²) in [5.41, 5.74) is 2.45. The Labute approximate surface area is 177 Å². The third kappa shape index (κ3) is 6.83. The number of hydrogen-bond donors (Lipinski definition) is 4. The summed E-state index contributed by atoms with van der Waals surface area (Å²) in [7, 11) is -3.97. The highest BCUT2D eigenvalue weighted by Crippen LogP contribution is 2.34. The van der Waals surface area contributed by atoms with E-state index in [1.165, 1.54) is 0 Å². The molecule has 3 rings (SSSR count). The first-order chi connectivity index (χ1) is 14.7. The number of carbonyl (C=O) groups is 3. The number of hydrogen-bond acceptors (Lipinski definition) is 7. The second-order valence-electron chi connectivity index (χ2n) is 7.10. The fraction of sp³-hybridized carbons (Fsp3) is 0.368. The Kier molecular flexibility index (Phi) is 7.34. The summed E-state index contributed by atoms with van der Waals surface area (Å²) in [6.45, 7) is 1.10. The van der Waals surface area contributed by atoms with Crippen molar-refractivity contribution >= 4 is 36.4 Å². The molecule has 0 spiro atoms. The highest BCUT2D eigenvalue weighted by Gasteiger charge is 2.32. The minimum atomic E-state index is -3.97. The standard InChI is InChI=1S/C19H23N4O7P/c24-17-4-5-18(25)23(17)30-19(26)22-11-13-2-3-16-15(8-13)9-14(12-21-16)10-20-6-1-7-31(27,28)29/h2-3,8-9,12,20H,1,4-7,10-11H2,(H,22,26)(H2,27,28,29). The molecule has 12 heteroatoms. The molecule has 0 bridgehead atoms. The molecule has 3 amide bonds. The van der Waals surface area contributed by atoms with Crippen LogP contribution in [0.3, 0.4) is 0 Å². The van der Waals surface area contributed by atoms with Crippen LogP contribution in [0.25, 0.3) is 10.9 Å². The van der Waals surface area contributed by atoms with Crippen LogP contribution in [0.4, 0.5) is 4.79 Å². The van der Waals surface area contributed by atoms with Crippen LogP contribution in [-0.2, 0) is 32.1 Å². The van der Waals surface area contributed by atoms with Crippen LogP contribution in [-0.4, -0.2) is 50.4 Å². The molecule has 4 N–H and O–H groups in total. The summed E-state index contributed by atoms with van der Waals surface area (Å²) in [6, 6.07) is 7.39. The minimum Gasteiger partial charge on any atom is -0.324 e. The van der Waals surface area contributed by atoms with Crippen LogP contribution in [0.15, 0.2) is 30.5 Å². The molecule has 11 nitrogen and oxygen atoms in total. The number of nitrogens with one attached hydrogen (secondary N) is 2. The second kappa shape index (κ2) is 9.97. The van der Waals surface area contributed by atoms with Gasteiger partial charge < -0.3 is 25.3 Å². The Bertz CT molecular complexity index is 1020. The van der Waals surface area contributed by atoms with Crippen molar-refractivity contribution < 1.29 is 33.6 Å². The van der Waals surface area contributed by atoms with Crippen molar-refractivity contribution in [2.45, 2.75) is 32.4 Å². The Morgan fingerprint density at radius 1 is 1.13 bits per heavy atom. The molecular weight excluding hydrogens is 427 g/mol. The van der Waals surface area contributed by atoms with Gasteiger partial charge in [0.15, 0.2) is 0 Å². The third-order valence-electron chi connectivity index (χ3n) is 4.55. The van der Waals surface area contributed by atoms with Crippen LogP contribution >= 0.6 is 7.60 Å². The van der Waals surface area contributed by atoms with Crippen LogP contribution in [0.5, 0.6) is 0 Å². The first kappa shape index (κ1) is 22.8. The SMILES string of the molecule is O=C(NCc1ccc2ncc(CNCCCP(=O)(O)O)cc2c1)ON1C(=O)CCC1=O. The molecule has 166 valence electrons. The average molecular weight is 450 g/mol. The largest absolute Gasteiger partial charge is 0.432 e. The lowest BCUT2D eigenvalue weighted by molar-refractivity contribution is -0.171. The summed E-state index contributed by atoms with van der Waals surface area (Å²) in [5, 5.41) is 6.96. The topological polar surface area (TPSA) is 158 Å². The predicted octanol–water partition coefficient (Wildman–Crippen LogP) is 1.18. The second-order valence-corrected chi connectivity index (χ2v) is 8.88. The molecule has 31 heavy (non-hydrogen) atoms. The van der Waals surface area contributed by atoms with Gasteiger partial charge in [0.1, 0.15) is 0 Å². The van der Waals surface area contributed by atoms with Gasteiger partial charge in [-0.25, -0.2) is 4.79 Å². The molecule has 0 aliphatic carbocycles. The molecule has 0 saturated carbocycles. The van der Waals surface area contributed by atoms with Gasteiger partial charge in [0, 0.05) is 37.5 Å². The van der Waals surface area contributed by atoms with Gasteiger partial charge in [-0.05, 0) is 42.3 Å². The van der Waals surface area contributed by atoms with Gasteiger partial charge in [-0.3, -0.25) is 19.1 Å². The summed E-state index contributed by atoms with van der Waals surface area (Å²) >= 11 is 0. The number of benzene rings is 1. The Balaban J connectivity index is 1.52.